The summed E-state index contributed by atoms with van der Waals surface area (Å²) in [5.74, 6) is -1.21. The molecule has 0 atom stereocenters. The maximum atomic E-state index is 13.4. The molecule has 0 fully saturated rings. The molecule has 1 N–H and O–H groups in total. The Morgan fingerprint density at radius 1 is 1.34 bits per heavy atom. The number of aliphatic imine (C=N–C) groups is 1. The number of thioether (sulfide) groups is 1. The number of rotatable bonds is 4. The standard InChI is InChI=1S/C20H19F4N3OS/c1-4-5-15-10-14(8-12-6-7-13(21)9-16(12)20(22,23)24)26-19-27(15)17(11(2)29-19)18(28)25-3/h5-7,9-10H,4,8H2,1-3H3,(H,25,28)/b15-5-. The maximum absolute atomic E-state index is 13.4. The maximum Gasteiger partial charge on any atom is 0.416 e. The Morgan fingerprint density at radius 2 is 2.07 bits per heavy atom. The van der Waals surface area contributed by atoms with Crippen molar-refractivity contribution in [3.8, 4) is 0 Å². The normalized spacial score (nSPS) is 18.0. The predicted molar refractivity (Wildman–Crippen MR) is 105 cm³/mol. The summed E-state index contributed by atoms with van der Waals surface area (Å²) in [5.41, 5.74) is 0.459. The monoisotopic (exact) mass is 425 g/mol. The number of nitrogens with one attached hydrogen (secondary N) is 1. The molecule has 0 aromatic heterocycles. The number of likely N-dealkylation sites (N-methyl/N-ethyl adjacent to an activating group) is 1. The van der Waals surface area contributed by atoms with Crippen LogP contribution in [0.15, 0.2) is 57.3 Å². The second kappa shape index (κ2) is 8.06. The van der Waals surface area contributed by atoms with E-state index >= 15 is 0 Å². The second-order valence-electron chi connectivity index (χ2n) is 6.46. The molecule has 0 saturated heterocycles. The van der Waals surface area contributed by atoms with Crippen LogP contribution in [0.3, 0.4) is 0 Å². The summed E-state index contributed by atoms with van der Waals surface area (Å²) in [6.45, 7) is 3.72. The minimum atomic E-state index is -4.67. The lowest BCUT2D eigenvalue weighted by atomic mass is 10.0. The van der Waals surface area contributed by atoms with Crippen LogP contribution in [0.2, 0.25) is 0 Å². The predicted octanol–water partition coefficient (Wildman–Crippen LogP) is 4.96. The number of allylic oxidation sites excluding steroid dienone is 4. The Bertz CT molecular complexity index is 976. The molecule has 29 heavy (non-hydrogen) atoms. The van der Waals surface area contributed by atoms with Crippen LogP contribution < -0.4 is 5.32 Å². The third-order valence-corrected chi connectivity index (χ3v) is 5.36. The van der Waals surface area contributed by atoms with Gasteiger partial charge in [0.1, 0.15) is 11.5 Å². The Hall–Kier alpha value is -2.55. The van der Waals surface area contributed by atoms with E-state index in [9.17, 15) is 22.4 Å². The van der Waals surface area contributed by atoms with Crippen molar-refractivity contribution in [1.29, 1.82) is 0 Å². The highest BCUT2D eigenvalue weighted by atomic mass is 32.2. The summed E-state index contributed by atoms with van der Waals surface area (Å²) >= 11 is 1.29. The van der Waals surface area contributed by atoms with Gasteiger partial charge in [0.2, 0.25) is 0 Å². The molecule has 3 rings (SSSR count). The van der Waals surface area contributed by atoms with Gasteiger partial charge in [0.05, 0.1) is 5.56 Å². The number of amides is 1. The van der Waals surface area contributed by atoms with Crippen molar-refractivity contribution in [2.75, 3.05) is 7.05 Å². The fourth-order valence-electron chi connectivity index (χ4n) is 3.18. The number of alkyl halides is 3. The Kier molecular flexibility index (Phi) is 5.88. The van der Waals surface area contributed by atoms with E-state index in [0.29, 0.717) is 34.7 Å². The fraction of sp³-hybridized carbons (Fsp3) is 0.300. The number of amidine groups is 1. The topological polar surface area (TPSA) is 44.7 Å². The van der Waals surface area contributed by atoms with Crippen LogP contribution in [-0.4, -0.2) is 23.0 Å². The molecular formula is C20H19F4N3OS. The van der Waals surface area contributed by atoms with E-state index in [-0.39, 0.29) is 17.9 Å². The van der Waals surface area contributed by atoms with E-state index < -0.39 is 17.6 Å². The van der Waals surface area contributed by atoms with Gasteiger partial charge in [-0.2, -0.15) is 13.2 Å². The molecule has 154 valence electrons. The number of hydrogen-bond acceptors (Lipinski definition) is 4. The summed E-state index contributed by atoms with van der Waals surface area (Å²) in [7, 11) is 1.53. The van der Waals surface area contributed by atoms with Crippen LogP contribution in [0.1, 0.15) is 31.4 Å². The van der Waals surface area contributed by atoms with Gasteiger partial charge in [-0.1, -0.05) is 30.8 Å². The fourth-order valence-corrected chi connectivity index (χ4v) is 4.18. The minimum absolute atomic E-state index is 0.0574. The van der Waals surface area contributed by atoms with E-state index in [1.54, 1.807) is 17.9 Å². The van der Waals surface area contributed by atoms with E-state index in [4.69, 9.17) is 0 Å². The lowest BCUT2D eigenvalue weighted by Crippen LogP contribution is -2.34. The van der Waals surface area contributed by atoms with E-state index in [1.165, 1.54) is 18.8 Å². The third kappa shape index (κ3) is 4.24. The number of fused-ring (bicyclic) bond motifs is 1. The SMILES string of the molecule is CC/C=C1/C=C(Cc2ccc(F)cc2C(F)(F)F)N=C2SC(C)=C(C(=O)NC)N21. The summed E-state index contributed by atoms with van der Waals surface area (Å²) in [6.07, 6.45) is -0.564. The number of halogens is 4. The van der Waals surface area contributed by atoms with Crippen molar-refractivity contribution in [3.63, 3.8) is 0 Å². The smallest absolute Gasteiger partial charge is 0.354 e. The molecular weight excluding hydrogens is 406 g/mol. The zero-order valence-corrected chi connectivity index (χ0v) is 16.8. The summed E-state index contributed by atoms with van der Waals surface area (Å²) < 4.78 is 53.4. The van der Waals surface area contributed by atoms with Gasteiger partial charge in [0.25, 0.3) is 5.91 Å². The molecule has 2 aliphatic heterocycles. The highest BCUT2D eigenvalue weighted by Gasteiger charge is 2.37. The first-order chi connectivity index (χ1) is 13.7. The highest BCUT2D eigenvalue weighted by molar-refractivity contribution is 8.17. The Morgan fingerprint density at radius 3 is 2.69 bits per heavy atom. The lowest BCUT2D eigenvalue weighted by Gasteiger charge is -2.27. The molecule has 9 heteroatoms. The summed E-state index contributed by atoms with van der Waals surface area (Å²) in [4.78, 5) is 19.2. The van der Waals surface area contributed by atoms with E-state index in [0.717, 1.165) is 17.0 Å². The average molecular weight is 425 g/mol. The van der Waals surface area contributed by atoms with Crippen molar-refractivity contribution in [2.24, 2.45) is 4.99 Å². The summed E-state index contributed by atoms with van der Waals surface area (Å²) in [5, 5.41) is 3.11. The largest absolute Gasteiger partial charge is 0.416 e. The van der Waals surface area contributed by atoms with Crippen molar-refractivity contribution in [1.82, 2.24) is 10.2 Å². The molecule has 0 aliphatic carbocycles. The molecule has 1 aromatic rings. The molecule has 1 aromatic carbocycles. The van der Waals surface area contributed by atoms with Crippen LogP contribution in [0.4, 0.5) is 17.6 Å². The highest BCUT2D eigenvalue weighted by Crippen LogP contribution is 2.41. The van der Waals surface area contributed by atoms with Gasteiger partial charge in [0.15, 0.2) is 5.17 Å². The van der Waals surface area contributed by atoms with Gasteiger partial charge in [-0.15, -0.1) is 0 Å². The number of benzene rings is 1. The van der Waals surface area contributed by atoms with Crippen molar-refractivity contribution < 1.29 is 22.4 Å². The number of nitrogens with zero attached hydrogens (tertiary/aromatic N) is 2. The zero-order valence-electron chi connectivity index (χ0n) is 16.0. The van der Waals surface area contributed by atoms with Crippen LogP contribution in [-0.2, 0) is 17.4 Å². The molecule has 0 saturated carbocycles. The first-order valence-electron chi connectivity index (χ1n) is 8.91. The van der Waals surface area contributed by atoms with Crippen LogP contribution in [0.5, 0.6) is 0 Å². The van der Waals surface area contributed by atoms with Gasteiger partial charge >= 0.3 is 6.18 Å². The molecule has 1 amide bonds. The van der Waals surface area contributed by atoms with Gasteiger partial charge in [0, 0.05) is 29.8 Å². The van der Waals surface area contributed by atoms with Crippen molar-refractivity contribution in [2.45, 2.75) is 32.9 Å². The van der Waals surface area contributed by atoms with Crippen LogP contribution in [0, 0.1) is 5.82 Å². The molecule has 2 heterocycles. The second-order valence-corrected chi connectivity index (χ2v) is 7.65. The third-order valence-electron chi connectivity index (χ3n) is 4.41. The van der Waals surface area contributed by atoms with Crippen molar-refractivity contribution in [3.05, 3.63) is 69.3 Å². The zero-order chi connectivity index (χ0) is 21.3. The molecule has 0 radical (unpaired) electrons. The Labute approximate surface area is 170 Å². The number of hydrogen-bond donors (Lipinski definition) is 1. The molecule has 2 aliphatic rings. The van der Waals surface area contributed by atoms with Crippen LogP contribution in [0.25, 0.3) is 0 Å². The molecule has 0 bridgehead atoms. The van der Waals surface area contributed by atoms with Gasteiger partial charge < -0.3 is 5.32 Å². The number of carbonyl (C=O) groups excluding carboxylic acids is 1. The lowest BCUT2D eigenvalue weighted by molar-refractivity contribution is -0.138. The summed E-state index contributed by atoms with van der Waals surface area (Å²) in [6, 6.07) is 2.65. The quantitative estimate of drug-likeness (QED) is 0.694. The minimum Gasteiger partial charge on any atom is -0.354 e. The Balaban J connectivity index is 2.00. The first-order valence-corrected chi connectivity index (χ1v) is 9.73. The molecule has 0 unspecified atom stereocenters. The molecule has 0 spiro atoms. The van der Waals surface area contributed by atoms with Crippen LogP contribution >= 0.6 is 11.8 Å². The average Bonchev–Trinajstić information content (AvgIpc) is 2.98. The first kappa shape index (κ1) is 21.2. The molecule has 4 nitrogen and oxygen atoms in total. The number of carbonyl (C=O) groups is 1. The van der Waals surface area contributed by atoms with Gasteiger partial charge in [-0.25, -0.2) is 9.38 Å². The van der Waals surface area contributed by atoms with Crippen molar-refractivity contribution >= 4 is 22.8 Å². The van der Waals surface area contributed by atoms with Gasteiger partial charge in [-0.05, 0) is 37.1 Å². The van der Waals surface area contributed by atoms with E-state index in [2.05, 4.69) is 10.3 Å². The van der Waals surface area contributed by atoms with Gasteiger partial charge in [-0.3, -0.25) is 9.69 Å². The van der Waals surface area contributed by atoms with E-state index in [1.807, 2.05) is 13.0 Å².